The first kappa shape index (κ1) is 22.0. The summed E-state index contributed by atoms with van der Waals surface area (Å²) >= 11 is 0. The van der Waals surface area contributed by atoms with Crippen molar-refractivity contribution in [2.45, 2.75) is 12.5 Å². The highest BCUT2D eigenvalue weighted by Crippen LogP contribution is 2.40. The van der Waals surface area contributed by atoms with Crippen LogP contribution in [0, 0.1) is 10.1 Å². The fraction of sp³-hybridized carbons (Fsp3) is 0.273. The van der Waals surface area contributed by atoms with Gasteiger partial charge in [-0.1, -0.05) is 12.1 Å². The van der Waals surface area contributed by atoms with Gasteiger partial charge in [0.05, 0.1) is 16.5 Å². The van der Waals surface area contributed by atoms with Gasteiger partial charge in [-0.25, -0.2) is 0 Å². The quantitative estimate of drug-likeness (QED) is 0.230. The molecule has 0 bridgehead atoms. The Kier molecular flexibility index (Phi) is 6.36. The molecular formula is C22H23N3O6. The van der Waals surface area contributed by atoms with Gasteiger partial charge in [-0.15, -0.1) is 0 Å². The number of hydrogen-bond acceptors (Lipinski definition) is 7. The van der Waals surface area contributed by atoms with E-state index in [2.05, 4.69) is 0 Å². The molecule has 0 aromatic heterocycles. The maximum Gasteiger partial charge on any atom is 0.295 e. The first-order valence-corrected chi connectivity index (χ1v) is 9.67. The molecule has 0 saturated carbocycles. The van der Waals surface area contributed by atoms with Crippen molar-refractivity contribution in [1.29, 1.82) is 0 Å². The Bertz CT molecular complexity index is 1030. The highest BCUT2D eigenvalue weighted by molar-refractivity contribution is 6.46. The number of aromatic hydroxyl groups is 1. The minimum Gasteiger partial charge on any atom is -0.508 e. The summed E-state index contributed by atoms with van der Waals surface area (Å²) in [7, 11) is 3.81. The summed E-state index contributed by atoms with van der Waals surface area (Å²) in [6.45, 7) is 0.999. The van der Waals surface area contributed by atoms with Gasteiger partial charge in [-0.3, -0.25) is 19.7 Å². The Balaban J connectivity index is 2.07. The maximum absolute atomic E-state index is 12.9. The van der Waals surface area contributed by atoms with Crippen LogP contribution in [0.15, 0.2) is 54.1 Å². The maximum atomic E-state index is 12.9. The summed E-state index contributed by atoms with van der Waals surface area (Å²) in [5, 5.41) is 31.4. The van der Waals surface area contributed by atoms with Crippen LogP contribution in [0.1, 0.15) is 23.6 Å². The zero-order valence-corrected chi connectivity index (χ0v) is 17.2. The Hall–Kier alpha value is -3.72. The van der Waals surface area contributed by atoms with Crippen LogP contribution >= 0.6 is 0 Å². The molecule has 1 saturated heterocycles. The molecule has 162 valence electrons. The van der Waals surface area contributed by atoms with Crippen LogP contribution in [0.5, 0.6) is 5.75 Å². The molecule has 2 N–H and O–H groups in total. The molecular weight excluding hydrogens is 402 g/mol. The molecule has 1 aliphatic rings. The Morgan fingerprint density at radius 1 is 1.10 bits per heavy atom. The number of nitrogens with zero attached hydrogens (tertiary/aromatic N) is 3. The normalized spacial score (nSPS) is 18.0. The number of amides is 1. The van der Waals surface area contributed by atoms with Gasteiger partial charge in [0.1, 0.15) is 11.5 Å². The van der Waals surface area contributed by atoms with Crippen molar-refractivity contribution in [3.05, 3.63) is 75.3 Å². The van der Waals surface area contributed by atoms with Crippen LogP contribution in [0.4, 0.5) is 5.69 Å². The minimum absolute atomic E-state index is 0.0312. The molecule has 0 aliphatic carbocycles. The van der Waals surface area contributed by atoms with Gasteiger partial charge < -0.3 is 20.0 Å². The third kappa shape index (κ3) is 4.56. The number of phenols is 1. The number of rotatable bonds is 7. The van der Waals surface area contributed by atoms with Crippen LogP contribution < -0.4 is 0 Å². The monoisotopic (exact) mass is 425 g/mol. The van der Waals surface area contributed by atoms with Crippen LogP contribution in [0.2, 0.25) is 0 Å². The molecule has 1 unspecified atom stereocenters. The van der Waals surface area contributed by atoms with E-state index < -0.39 is 28.4 Å². The summed E-state index contributed by atoms with van der Waals surface area (Å²) in [5.74, 6) is -1.91. The number of aliphatic hydroxyl groups excluding tert-OH is 1. The Labute approximate surface area is 179 Å². The molecule has 1 fully saturated rings. The lowest BCUT2D eigenvalue weighted by Crippen LogP contribution is -2.32. The molecule has 1 aliphatic heterocycles. The number of non-ortho nitro benzene ring substituents is 1. The zero-order chi connectivity index (χ0) is 22.7. The van der Waals surface area contributed by atoms with Crippen molar-refractivity contribution in [3.8, 4) is 5.75 Å². The summed E-state index contributed by atoms with van der Waals surface area (Å²) in [4.78, 5) is 39.4. The molecule has 9 nitrogen and oxygen atoms in total. The average molecular weight is 425 g/mol. The topological polar surface area (TPSA) is 124 Å². The smallest absolute Gasteiger partial charge is 0.295 e. The lowest BCUT2D eigenvalue weighted by Gasteiger charge is -2.26. The van der Waals surface area contributed by atoms with Crippen LogP contribution in [-0.4, -0.2) is 63.8 Å². The Morgan fingerprint density at radius 2 is 1.71 bits per heavy atom. The number of likely N-dealkylation sites (tertiary alicyclic amines) is 1. The van der Waals surface area contributed by atoms with E-state index in [-0.39, 0.29) is 22.6 Å². The third-order valence-electron chi connectivity index (χ3n) is 5.10. The molecule has 2 aromatic carbocycles. The second kappa shape index (κ2) is 8.97. The highest BCUT2D eigenvalue weighted by atomic mass is 16.6. The standard InChI is InChI=1S/C22H23N3O6/c1-23(2)12-3-13-24-19(14-6-10-17(26)11-7-14)18(21(28)22(24)29)20(27)15-4-8-16(9-5-15)25(30)31/h4-11,19,26-27H,3,12-13H2,1-2H3/b20-18-. The van der Waals surface area contributed by atoms with Crippen LogP contribution in [0.25, 0.3) is 5.76 Å². The van der Waals surface area contributed by atoms with E-state index in [0.29, 0.717) is 25.1 Å². The van der Waals surface area contributed by atoms with E-state index in [4.69, 9.17) is 0 Å². The number of carbonyl (C=O) groups excluding carboxylic acids is 2. The molecule has 3 rings (SSSR count). The van der Waals surface area contributed by atoms with E-state index in [0.717, 1.165) is 0 Å². The summed E-state index contributed by atoms with van der Waals surface area (Å²) in [6.07, 6.45) is 0.617. The summed E-state index contributed by atoms with van der Waals surface area (Å²) < 4.78 is 0. The molecule has 31 heavy (non-hydrogen) atoms. The molecule has 1 heterocycles. The fourth-order valence-electron chi connectivity index (χ4n) is 3.57. The number of carbonyl (C=O) groups is 2. The number of nitro groups is 1. The zero-order valence-electron chi connectivity index (χ0n) is 17.2. The number of phenolic OH excluding ortho intramolecular Hbond substituents is 1. The fourth-order valence-corrected chi connectivity index (χ4v) is 3.57. The third-order valence-corrected chi connectivity index (χ3v) is 5.10. The lowest BCUT2D eigenvalue weighted by molar-refractivity contribution is -0.384. The predicted octanol–water partition coefficient (Wildman–Crippen LogP) is 2.67. The van der Waals surface area contributed by atoms with Crippen molar-refractivity contribution in [2.24, 2.45) is 0 Å². The predicted molar refractivity (Wildman–Crippen MR) is 113 cm³/mol. The molecule has 2 aromatic rings. The summed E-state index contributed by atoms with van der Waals surface area (Å²) in [6, 6.07) is 10.3. The molecule has 0 radical (unpaired) electrons. The number of nitro benzene ring substituents is 1. The van der Waals surface area contributed by atoms with Crippen LogP contribution in [0.3, 0.4) is 0 Å². The van der Waals surface area contributed by atoms with Crippen molar-refractivity contribution < 1.29 is 24.7 Å². The van der Waals surface area contributed by atoms with Gasteiger partial charge in [-0.05, 0) is 56.9 Å². The van der Waals surface area contributed by atoms with Gasteiger partial charge in [0, 0.05) is 24.2 Å². The molecule has 9 heteroatoms. The minimum atomic E-state index is -0.835. The van der Waals surface area contributed by atoms with Gasteiger partial charge in [0.2, 0.25) is 0 Å². The number of hydrogen-bond donors (Lipinski definition) is 2. The second-order valence-corrected chi connectivity index (χ2v) is 7.54. The van der Waals surface area contributed by atoms with Gasteiger partial charge >= 0.3 is 0 Å². The number of benzene rings is 2. The van der Waals surface area contributed by atoms with Crippen LogP contribution in [-0.2, 0) is 9.59 Å². The number of Topliss-reactive ketones (excluding diaryl/α,β-unsaturated/α-hetero) is 1. The lowest BCUT2D eigenvalue weighted by atomic mass is 9.95. The number of ketones is 1. The SMILES string of the molecule is CN(C)CCCN1C(=O)C(=O)/C(=C(\O)c2ccc([N+](=O)[O-])cc2)C1c1ccc(O)cc1. The largest absolute Gasteiger partial charge is 0.508 e. The van der Waals surface area contributed by atoms with Crippen molar-refractivity contribution in [3.63, 3.8) is 0 Å². The number of aliphatic hydroxyl groups is 1. The van der Waals surface area contributed by atoms with Gasteiger partial charge in [0.25, 0.3) is 17.4 Å². The van der Waals surface area contributed by atoms with E-state index in [1.54, 1.807) is 12.1 Å². The van der Waals surface area contributed by atoms with E-state index in [9.17, 15) is 29.9 Å². The molecule has 1 atom stereocenters. The molecule has 0 spiro atoms. The first-order valence-electron chi connectivity index (χ1n) is 9.67. The van der Waals surface area contributed by atoms with E-state index >= 15 is 0 Å². The first-order chi connectivity index (χ1) is 14.7. The van der Waals surface area contributed by atoms with Gasteiger partial charge in [0.15, 0.2) is 0 Å². The highest BCUT2D eigenvalue weighted by Gasteiger charge is 2.45. The van der Waals surface area contributed by atoms with Crippen molar-refractivity contribution >= 4 is 23.1 Å². The summed E-state index contributed by atoms with van der Waals surface area (Å²) in [5.41, 5.74) is 0.510. The van der Waals surface area contributed by atoms with Gasteiger partial charge in [-0.2, -0.15) is 0 Å². The second-order valence-electron chi connectivity index (χ2n) is 7.54. The molecule has 1 amide bonds. The van der Waals surface area contributed by atoms with E-state index in [1.165, 1.54) is 41.3 Å². The van der Waals surface area contributed by atoms with E-state index in [1.807, 2.05) is 19.0 Å². The van der Waals surface area contributed by atoms with Crippen molar-refractivity contribution in [1.82, 2.24) is 9.80 Å². The Morgan fingerprint density at radius 3 is 2.26 bits per heavy atom. The van der Waals surface area contributed by atoms with Crippen molar-refractivity contribution in [2.75, 3.05) is 27.2 Å². The average Bonchev–Trinajstić information content (AvgIpc) is 2.98.